The third-order valence-electron chi connectivity index (χ3n) is 3.81. The molecule has 120 valence electrons. The Morgan fingerprint density at radius 1 is 1.27 bits per heavy atom. The molecular weight excluding hydrogens is 300 g/mol. The predicted molar refractivity (Wildman–Crippen MR) is 89.6 cm³/mol. The number of hydrazone groups is 1. The zero-order valence-electron chi connectivity index (χ0n) is 13.2. The van der Waals surface area contributed by atoms with E-state index >= 15 is 0 Å². The molecule has 1 aliphatic carbocycles. The number of amides is 1. The summed E-state index contributed by atoms with van der Waals surface area (Å²) in [7, 11) is 0. The summed E-state index contributed by atoms with van der Waals surface area (Å²) in [5.74, 6) is 0.431. The minimum absolute atomic E-state index is 0.230. The van der Waals surface area contributed by atoms with Gasteiger partial charge in [0, 0.05) is 10.7 Å². The van der Waals surface area contributed by atoms with Gasteiger partial charge in [-0.05, 0) is 63.3 Å². The van der Waals surface area contributed by atoms with E-state index in [0.29, 0.717) is 10.8 Å². The van der Waals surface area contributed by atoms with Crippen molar-refractivity contribution in [1.29, 1.82) is 0 Å². The molecule has 1 atom stereocenters. The molecule has 1 aliphatic rings. The molecule has 0 aromatic heterocycles. The van der Waals surface area contributed by atoms with Crippen molar-refractivity contribution in [2.24, 2.45) is 5.10 Å². The molecule has 1 amide bonds. The van der Waals surface area contributed by atoms with Gasteiger partial charge >= 0.3 is 0 Å². The first-order chi connectivity index (χ1) is 10.6. The summed E-state index contributed by atoms with van der Waals surface area (Å²) in [6.45, 7) is 3.62. The van der Waals surface area contributed by atoms with Gasteiger partial charge in [0.1, 0.15) is 5.75 Å². The number of rotatable bonds is 4. The van der Waals surface area contributed by atoms with Gasteiger partial charge in [-0.2, -0.15) is 5.10 Å². The molecule has 22 heavy (non-hydrogen) atoms. The second kappa shape index (κ2) is 8.18. The average molecular weight is 323 g/mol. The highest BCUT2D eigenvalue weighted by Gasteiger charge is 2.16. The maximum Gasteiger partial charge on any atom is 0.280 e. The number of aryl methyl sites for hydroxylation is 1. The van der Waals surface area contributed by atoms with Crippen LogP contribution in [0.5, 0.6) is 5.75 Å². The Morgan fingerprint density at radius 3 is 2.59 bits per heavy atom. The van der Waals surface area contributed by atoms with E-state index in [1.54, 1.807) is 19.1 Å². The normalized spacial score (nSPS) is 16.6. The highest BCUT2D eigenvalue weighted by molar-refractivity contribution is 6.30. The van der Waals surface area contributed by atoms with E-state index in [0.717, 1.165) is 37.0 Å². The lowest BCUT2D eigenvalue weighted by atomic mass is 10.2. The number of benzene rings is 1. The Labute approximate surface area is 136 Å². The van der Waals surface area contributed by atoms with Gasteiger partial charge in [-0.3, -0.25) is 4.79 Å². The minimum atomic E-state index is -0.602. The van der Waals surface area contributed by atoms with E-state index in [4.69, 9.17) is 16.3 Å². The molecule has 1 fully saturated rings. The Bertz CT molecular complexity index is 548. The number of carbonyl (C=O) groups excluding carboxylic acids is 1. The second-order valence-electron chi connectivity index (χ2n) is 5.74. The third kappa shape index (κ3) is 5.02. The molecule has 0 radical (unpaired) electrons. The van der Waals surface area contributed by atoms with E-state index < -0.39 is 6.10 Å². The third-order valence-corrected chi connectivity index (χ3v) is 4.05. The summed E-state index contributed by atoms with van der Waals surface area (Å²) in [6.07, 6.45) is 6.17. The Hall–Kier alpha value is -1.55. The molecule has 1 aromatic carbocycles. The molecular formula is C17H23ClN2O2. The Kier molecular flexibility index (Phi) is 6.25. The molecule has 1 N–H and O–H groups in total. The summed E-state index contributed by atoms with van der Waals surface area (Å²) >= 11 is 5.91. The van der Waals surface area contributed by atoms with E-state index in [1.807, 2.05) is 13.0 Å². The summed E-state index contributed by atoms with van der Waals surface area (Å²) in [5, 5.41) is 4.91. The van der Waals surface area contributed by atoms with Gasteiger partial charge in [0.15, 0.2) is 6.10 Å². The van der Waals surface area contributed by atoms with Crippen molar-refractivity contribution in [2.45, 2.75) is 58.5 Å². The van der Waals surface area contributed by atoms with Gasteiger partial charge in [-0.1, -0.05) is 24.4 Å². The summed E-state index contributed by atoms with van der Waals surface area (Å²) in [5.41, 5.74) is 4.62. The first-order valence-electron chi connectivity index (χ1n) is 7.84. The fourth-order valence-electron chi connectivity index (χ4n) is 2.46. The Balaban J connectivity index is 1.90. The van der Waals surface area contributed by atoms with Crippen LogP contribution in [-0.2, 0) is 4.79 Å². The van der Waals surface area contributed by atoms with E-state index in [1.165, 1.54) is 12.8 Å². The number of halogens is 1. The first-order valence-corrected chi connectivity index (χ1v) is 8.22. The SMILES string of the molecule is Cc1cc(Cl)ccc1O[C@H](C)C(=O)NN=C1CCCCCC1. The predicted octanol–water partition coefficient (Wildman–Crippen LogP) is 4.24. The van der Waals surface area contributed by atoms with Gasteiger partial charge < -0.3 is 4.74 Å². The molecule has 0 unspecified atom stereocenters. The molecule has 0 heterocycles. The number of carbonyl (C=O) groups is 1. The quantitative estimate of drug-likeness (QED) is 0.665. The smallest absolute Gasteiger partial charge is 0.280 e. The molecule has 2 rings (SSSR count). The number of hydrogen-bond donors (Lipinski definition) is 1. The van der Waals surface area contributed by atoms with Gasteiger partial charge in [0.05, 0.1) is 0 Å². The molecule has 0 bridgehead atoms. The number of nitrogens with zero attached hydrogens (tertiary/aromatic N) is 1. The zero-order chi connectivity index (χ0) is 15.9. The minimum Gasteiger partial charge on any atom is -0.481 e. The number of ether oxygens (including phenoxy) is 1. The first kappa shape index (κ1) is 16.8. The van der Waals surface area contributed by atoms with E-state index in [9.17, 15) is 4.79 Å². The van der Waals surface area contributed by atoms with Crippen LogP contribution in [0.3, 0.4) is 0 Å². The largest absolute Gasteiger partial charge is 0.481 e. The van der Waals surface area contributed by atoms with Crippen LogP contribution in [0.25, 0.3) is 0 Å². The van der Waals surface area contributed by atoms with Crippen LogP contribution in [0, 0.1) is 6.92 Å². The molecule has 1 aromatic rings. The lowest BCUT2D eigenvalue weighted by molar-refractivity contribution is -0.127. The van der Waals surface area contributed by atoms with Crippen molar-refractivity contribution in [2.75, 3.05) is 0 Å². The van der Waals surface area contributed by atoms with Crippen LogP contribution >= 0.6 is 11.6 Å². The van der Waals surface area contributed by atoms with E-state index in [2.05, 4.69) is 10.5 Å². The highest BCUT2D eigenvalue weighted by atomic mass is 35.5. The van der Waals surface area contributed by atoms with Crippen molar-refractivity contribution < 1.29 is 9.53 Å². The van der Waals surface area contributed by atoms with Crippen molar-refractivity contribution in [1.82, 2.24) is 5.43 Å². The van der Waals surface area contributed by atoms with Crippen molar-refractivity contribution in [3.05, 3.63) is 28.8 Å². The van der Waals surface area contributed by atoms with Crippen LogP contribution < -0.4 is 10.2 Å². The molecule has 4 nitrogen and oxygen atoms in total. The summed E-state index contributed by atoms with van der Waals surface area (Å²) in [4.78, 5) is 12.1. The number of hydrogen-bond acceptors (Lipinski definition) is 3. The van der Waals surface area contributed by atoms with Gasteiger partial charge in [0.25, 0.3) is 5.91 Å². The van der Waals surface area contributed by atoms with Crippen LogP contribution in [0.2, 0.25) is 5.02 Å². The van der Waals surface area contributed by atoms with Gasteiger partial charge in [0.2, 0.25) is 0 Å². The van der Waals surface area contributed by atoms with Crippen molar-refractivity contribution >= 4 is 23.2 Å². The number of nitrogens with one attached hydrogen (secondary N) is 1. The summed E-state index contributed by atoms with van der Waals surface area (Å²) < 4.78 is 5.69. The standard InChI is InChI=1S/C17H23ClN2O2/c1-12-11-14(18)9-10-16(12)22-13(2)17(21)20-19-15-7-5-3-4-6-8-15/h9-11,13H,3-8H2,1-2H3,(H,20,21)/t13-/m1/s1. The maximum absolute atomic E-state index is 12.1. The molecule has 0 spiro atoms. The van der Waals surface area contributed by atoms with Crippen LogP contribution in [0.4, 0.5) is 0 Å². The fraction of sp³-hybridized carbons (Fsp3) is 0.529. The van der Waals surface area contributed by atoms with E-state index in [-0.39, 0.29) is 5.91 Å². The maximum atomic E-state index is 12.1. The Morgan fingerprint density at radius 2 is 1.95 bits per heavy atom. The average Bonchev–Trinajstić information content (AvgIpc) is 2.76. The molecule has 0 saturated heterocycles. The second-order valence-corrected chi connectivity index (χ2v) is 6.17. The zero-order valence-corrected chi connectivity index (χ0v) is 13.9. The molecule has 0 aliphatic heterocycles. The highest BCUT2D eigenvalue weighted by Crippen LogP contribution is 2.22. The van der Waals surface area contributed by atoms with Gasteiger partial charge in [-0.25, -0.2) is 5.43 Å². The molecule has 1 saturated carbocycles. The lowest BCUT2D eigenvalue weighted by Crippen LogP contribution is -2.34. The van der Waals surface area contributed by atoms with Crippen molar-refractivity contribution in [3.8, 4) is 5.75 Å². The van der Waals surface area contributed by atoms with Crippen LogP contribution in [-0.4, -0.2) is 17.7 Å². The topological polar surface area (TPSA) is 50.7 Å². The van der Waals surface area contributed by atoms with Gasteiger partial charge in [-0.15, -0.1) is 0 Å². The summed E-state index contributed by atoms with van der Waals surface area (Å²) in [6, 6.07) is 5.34. The lowest BCUT2D eigenvalue weighted by Gasteiger charge is -2.15. The fourth-order valence-corrected chi connectivity index (χ4v) is 2.69. The monoisotopic (exact) mass is 322 g/mol. The van der Waals surface area contributed by atoms with Crippen molar-refractivity contribution in [3.63, 3.8) is 0 Å². The molecule has 5 heteroatoms. The van der Waals surface area contributed by atoms with Crippen LogP contribution in [0.1, 0.15) is 51.0 Å². The van der Waals surface area contributed by atoms with Crippen LogP contribution in [0.15, 0.2) is 23.3 Å².